The van der Waals surface area contributed by atoms with E-state index in [1.165, 1.54) is 25.7 Å². The van der Waals surface area contributed by atoms with E-state index in [0.717, 1.165) is 19.1 Å². The number of fused-ring (bicyclic) bond motifs is 1. The fourth-order valence-electron chi connectivity index (χ4n) is 2.16. The van der Waals surface area contributed by atoms with Crippen molar-refractivity contribution in [3.8, 4) is 0 Å². The lowest BCUT2D eigenvalue weighted by atomic mass is 9.99. The molecule has 2 aliphatic rings. The minimum Gasteiger partial charge on any atom is -0.381 e. The van der Waals surface area contributed by atoms with Crippen LogP contribution in [0.1, 0.15) is 32.6 Å². The number of rotatable bonds is 3. The zero-order valence-corrected chi connectivity index (χ0v) is 6.73. The van der Waals surface area contributed by atoms with Crippen LogP contribution in [0.4, 0.5) is 0 Å². The molecule has 2 rings (SSSR count). The van der Waals surface area contributed by atoms with Crippen molar-refractivity contribution < 1.29 is 4.74 Å². The maximum absolute atomic E-state index is 5.41. The van der Waals surface area contributed by atoms with Crippen molar-refractivity contribution in [1.29, 1.82) is 0 Å². The first kappa shape index (κ1) is 6.66. The van der Waals surface area contributed by atoms with Crippen LogP contribution in [0.25, 0.3) is 0 Å². The normalized spacial score (nSPS) is 43.5. The van der Waals surface area contributed by atoms with Crippen molar-refractivity contribution >= 4 is 0 Å². The number of unbranched alkanes of at least 4 members (excludes halogenated alkanes) is 1. The van der Waals surface area contributed by atoms with Crippen molar-refractivity contribution in [2.45, 2.75) is 32.6 Å². The maximum atomic E-state index is 5.41. The number of hydrogen-bond acceptors (Lipinski definition) is 1. The van der Waals surface area contributed by atoms with E-state index < -0.39 is 0 Å². The van der Waals surface area contributed by atoms with Gasteiger partial charge in [0.05, 0.1) is 13.2 Å². The van der Waals surface area contributed by atoms with Gasteiger partial charge in [-0.25, -0.2) is 0 Å². The van der Waals surface area contributed by atoms with Crippen molar-refractivity contribution in [3.63, 3.8) is 0 Å². The molecule has 58 valence electrons. The predicted molar refractivity (Wildman–Crippen MR) is 40.9 cm³/mol. The largest absolute Gasteiger partial charge is 0.381 e. The molecule has 0 aromatic carbocycles. The predicted octanol–water partition coefficient (Wildman–Crippen LogP) is 2.21. The fourth-order valence-corrected chi connectivity index (χ4v) is 2.16. The lowest BCUT2D eigenvalue weighted by Crippen LogP contribution is -2.04. The second-order valence-corrected chi connectivity index (χ2v) is 3.88. The number of hydrogen-bond donors (Lipinski definition) is 0. The first-order valence-electron chi connectivity index (χ1n) is 4.45. The molecule has 0 bridgehead atoms. The average Bonchev–Trinajstić information content (AvgIpc) is 2.51. The van der Waals surface area contributed by atoms with Crippen LogP contribution in [0.15, 0.2) is 0 Å². The van der Waals surface area contributed by atoms with E-state index in [0.29, 0.717) is 5.41 Å². The molecule has 2 unspecified atom stereocenters. The smallest absolute Gasteiger partial charge is 0.0526 e. The summed E-state index contributed by atoms with van der Waals surface area (Å²) in [5.41, 5.74) is 0.690. The highest BCUT2D eigenvalue weighted by atomic mass is 16.5. The van der Waals surface area contributed by atoms with Crippen LogP contribution in [-0.4, -0.2) is 13.2 Å². The van der Waals surface area contributed by atoms with Gasteiger partial charge in [0.1, 0.15) is 0 Å². The summed E-state index contributed by atoms with van der Waals surface area (Å²) in [6.45, 7) is 4.39. The first-order valence-corrected chi connectivity index (χ1v) is 4.45. The summed E-state index contributed by atoms with van der Waals surface area (Å²) < 4.78 is 5.41. The third kappa shape index (κ3) is 0.878. The minimum absolute atomic E-state index is 0.690. The molecule has 2 atom stereocenters. The van der Waals surface area contributed by atoms with E-state index in [4.69, 9.17) is 4.74 Å². The molecule has 1 aliphatic heterocycles. The lowest BCUT2D eigenvalue weighted by Gasteiger charge is -2.08. The molecule has 0 aromatic rings. The lowest BCUT2D eigenvalue weighted by molar-refractivity contribution is 0.143. The van der Waals surface area contributed by atoms with Crippen LogP contribution in [0.2, 0.25) is 0 Å². The molecule has 1 saturated carbocycles. The molecule has 0 aromatic heterocycles. The van der Waals surface area contributed by atoms with Gasteiger partial charge in [-0.15, -0.1) is 0 Å². The van der Waals surface area contributed by atoms with Crippen LogP contribution in [0.5, 0.6) is 0 Å². The molecule has 2 fully saturated rings. The summed E-state index contributed by atoms with van der Waals surface area (Å²) in [6, 6.07) is 0. The first-order chi connectivity index (χ1) is 4.87. The van der Waals surface area contributed by atoms with Gasteiger partial charge in [0.15, 0.2) is 0 Å². The second-order valence-electron chi connectivity index (χ2n) is 3.88. The van der Waals surface area contributed by atoms with Crippen molar-refractivity contribution in [1.82, 2.24) is 0 Å². The Morgan fingerprint density at radius 1 is 1.60 bits per heavy atom. The SMILES string of the molecule is CCCCC12COCC1C2. The van der Waals surface area contributed by atoms with Gasteiger partial charge in [-0.2, -0.15) is 0 Å². The zero-order valence-electron chi connectivity index (χ0n) is 6.73. The van der Waals surface area contributed by atoms with Crippen molar-refractivity contribution in [2.24, 2.45) is 11.3 Å². The van der Waals surface area contributed by atoms with Crippen LogP contribution >= 0.6 is 0 Å². The third-order valence-corrected chi connectivity index (χ3v) is 3.10. The zero-order chi connectivity index (χ0) is 7.03. The molecule has 1 nitrogen and oxygen atoms in total. The van der Waals surface area contributed by atoms with E-state index in [9.17, 15) is 0 Å². The van der Waals surface area contributed by atoms with Gasteiger partial charge in [0.25, 0.3) is 0 Å². The Hall–Kier alpha value is -0.0400. The molecule has 1 heteroatoms. The Morgan fingerprint density at radius 3 is 3.00 bits per heavy atom. The van der Waals surface area contributed by atoms with Crippen molar-refractivity contribution in [3.05, 3.63) is 0 Å². The highest BCUT2D eigenvalue weighted by molar-refractivity contribution is 5.05. The molecular weight excluding hydrogens is 124 g/mol. The highest BCUT2D eigenvalue weighted by Gasteiger charge is 2.57. The summed E-state index contributed by atoms with van der Waals surface area (Å²) in [7, 11) is 0. The van der Waals surface area contributed by atoms with E-state index in [1.54, 1.807) is 0 Å². The van der Waals surface area contributed by atoms with Crippen LogP contribution in [0, 0.1) is 11.3 Å². The van der Waals surface area contributed by atoms with Gasteiger partial charge >= 0.3 is 0 Å². The molecule has 0 radical (unpaired) electrons. The third-order valence-electron chi connectivity index (χ3n) is 3.10. The van der Waals surface area contributed by atoms with Gasteiger partial charge in [0, 0.05) is 0 Å². The Labute approximate surface area is 62.8 Å². The molecule has 0 N–H and O–H groups in total. The Balaban J connectivity index is 1.82. The van der Waals surface area contributed by atoms with Gasteiger partial charge in [-0.05, 0) is 24.2 Å². The molecule has 1 heterocycles. The molecule has 0 amide bonds. The highest BCUT2D eigenvalue weighted by Crippen LogP contribution is 2.59. The van der Waals surface area contributed by atoms with Gasteiger partial charge in [-0.1, -0.05) is 19.8 Å². The van der Waals surface area contributed by atoms with Gasteiger partial charge in [-0.3, -0.25) is 0 Å². The van der Waals surface area contributed by atoms with E-state index >= 15 is 0 Å². The summed E-state index contributed by atoms with van der Waals surface area (Å²) in [5, 5.41) is 0. The quantitative estimate of drug-likeness (QED) is 0.584. The second kappa shape index (κ2) is 2.23. The van der Waals surface area contributed by atoms with E-state index in [1.807, 2.05) is 0 Å². The maximum Gasteiger partial charge on any atom is 0.0526 e. The minimum atomic E-state index is 0.690. The average molecular weight is 140 g/mol. The Kier molecular flexibility index (Phi) is 1.48. The van der Waals surface area contributed by atoms with E-state index in [2.05, 4.69) is 6.92 Å². The van der Waals surface area contributed by atoms with Gasteiger partial charge in [0.2, 0.25) is 0 Å². The Morgan fingerprint density at radius 2 is 2.50 bits per heavy atom. The monoisotopic (exact) mass is 140 g/mol. The molecule has 1 aliphatic carbocycles. The molecule has 0 spiro atoms. The molecular formula is C9H16O. The Bertz CT molecular complexity index is 133. The van der Waals surface area contributed by atoms with Crippen LogP contribution < -0.4 is 0 Å². The van der Waals surface area contributed by atoms with Crippen LogP contribution in [-0.2, 0) is 4.74 Å². The van der Waals surface area contributed by atoms with Crippen LogP contribution in [0.3, 0.4) is 0 Å². The standard InChI is InChI=1S/C9H16O/c1-2-3-4-9-5-8(9)6-10-7-9/h8H,2-7H2,1H3. The summed E-state index contributed by atoms with van der Waals surface area (Å²) in [4.78, 5) is 0. The van der Waals surface area contributed by atoms with Crippen molar-refractivity contribution in [2.75, 3.05) is 13.2 Å². The topological polar surface area (TPSA) is 9.23 Å². The molecule has 10 heavy (non-hydrogen) atoms. The number of ether oxygens (including phenoxy) is 1. The van der Waals surface area contributed by atoms with E-state index in [-0.39, 0.29) is 0 Å². The fraction of sp³-hybridized carbons (Fsp3) is 1.00. The molecule has 1 saturated heterocycles. The summed E-state index contributed by atoms with van der Waals surface area (Å²) in [5.74, 6) is 0.957. The summed E-state index contributed by atoms with van der Waals surface area (Å²) >= 11 is 0. The summed E-state index contributed by atoms with van der Waals surface area (Å²) in [6.07, 6.45) is 5.63. The van der Waals surface area contributed by atoms with Gasteiger partial charge < -0.3 is 4.74 Å².